The maximum atomic E-state index is 13.3. The number of rotatable bonds is 4. The van der Waals surface area contributed by atoms with Gasteiger partial charge in [-0.1, -0.05) is 19.1 Å². The fourth-order valence-corrected chi connectivity index (χ4v) is 2.06. The van der Waals surface area contributed by atoms with E-state index in [9.17, 15) is 17.6 Å². The maximum absolute atomic E-state index is 13.3. The molecule has 0 aliphatic carbocycles. The van der Waals surface area contributed by atoms with Crippen LogP contribution in [0.2, 0.25) is 0 Å². The van der Waals surface area contributed by atoms with Gasteiger partial charge in [0.1, 0.15) is 5.82 Å². The van der Waals surface area contributed by atoms with Gasteiger partial charge in [0, 0.05) is 0 Å². The smallest absolute Gasteiger partial charge is 0.194 e. The number of nitrogens with one attached hydrogen (secondary N) is 1. The van der Waals surface area contributed by atoms with Crippen LogP contribution < -0.4 is 5.32 Å². The van der Waals surface area contributed by atoms with Crippen LogP contribution in [0.1, 0.15) is 24.1 Å². The van der Waals surface area contributed by atoms with Crippen molar-refractivity contribution >= 4 is 0 Å². The van der Waals surface area contributed by atoms with Crippen molar-refractivity contribution in [1.82, 2.24) is 5.32 Å². The second-order valence-corrected chi connectivity index (χ2v) is 4.34. The van der Waals surface area contributed by atoms with Gasteiger partial charge in [0.15, 0.2) is 17.5 Å². The van der Waals surface area contributed by atoms with E-state index in [0.29, 0.717) is 12.1 Å². The largest absolute Gasteiger partial charge is 0.307 e. The van der Waals surface area contributed by atoms with Crippen molar-refractivity contribution in [3.05, 3.63) is 70.8 Å². The van der Waals surface area contributed by atoms with Gasteiger partial charge in [-0.15, -0.1) is 0 Å². The van der Waals surface area contributed by atoms with Crippen LogP contribution in [0.15, 0.2) is 36.4 Å². The summed E-state index contributed by atoms with van der Waals surface area (Å²) >= 11 is 0. The summed E-state index contributed by atoms with van der Waals surface area (Å²) in [6.07, 6.45) is 0. The quantitative estimate of drug-likeness (QED) is 0.662. The van der Waals surface area contributed by atoms with Crippen molar-refractivity contribution in [3.63, 3.8) is 0 Å². The number of halogens is 4. The van der Waals surface area contributed by atoms with Crippen LogP contribution in [0.5, 0.6) is 0 Å². The molecule has 0 aliphatic rings. The Hall–Kier alpha value is -1.88. The van der Waals surface area contributed by atoms with Crippen molar-refractivity contribution in [2.45, 2.75) is 13.0 Å². The second-order valence-electron chi connectivity index (χ2n) is 4.34. The fourth-order valence-electron chi connectivity index (χ4n) is 2.06. The Balaban J connectivity index is 2.48. The first-order valence-electron chi connectivity index (χ1n) is 6.16. The van der Waals surface area contributed by atoms with E-state index >= 15 is 0 Å². The zero-order chi connectivity index (χ0) is 14.7. The number of hydrogen-bond acceptors (Lipinski definition) is 1. The molecule has 0 fully saturated rings. The fraction of sp³-hybridized carbons (Fsp3) is 0.200. The molecular weight excluding hydrogens is 270 g/mol. The van der Waals surface area contributed by atoms with E-state index in [2.05, 4.69) is 5.32 Å². The third-order valence-electron chi connectivity index (χ3n) is 2.93. The van der Waals surface area contributed by atoms with Gasteiger partial charge in [0.25, 0.3) is 0 Å². The molecular formula is C15H13F4N. The van der Waals surface area contributed by atoms with Crippen LogP contribution in [0, 0.1) is 23.3 Å². The molecule has 0 saturated heterocycles. The Morgan fingerprint density at radius 1 is 0.950 bits per heavy atom. The molecule has 2 rings (SSSR count). The Bertz CT molecular complexity index is 590. The summed E-state index contributed by atoms with van der Waals surface area (Å²) in [6, 6.07) is 6.90. The van der Waals surface area contributed by atoms with E-state index in [1.165, 1.54) is 18.2 Å². The number of benzene rings is 2. The summed E-state index contributed by atoms with van der Waals surface area (Å²) < 4.78 is 52.9. The Morgan fingerprint density at radius 3 is 2.15 bits per heavy atom. The lowest BCUT2D eigenvalue weighted by molar-refractivity contribution is 0.442. The predicted octanol–water partition coefficient (Wildman–Crippen LogP) is 3.94. The molecule has 0 heterocycles. The minimum atomic E-state index is -1.51. The molecule has 0 amide bonds. The van der Waals surface area contributed by atoms with Crippen LogP contribution in [0.25, 0.3) is 0 Å². The van der Waals surface area contributed by atoms with Gasteiger partial charge in [-0.3, -0.25) is 0 Å². The molecule has 0 bridgehead atoms. The zero-order valence-electron chi connectivity index (χ0n) is 10.8. The molecule has 0 spiro atoms. The molecule has 1 N–H and O–H groups in total. The lowest BCUT2D eigenvalue weighted by atomic mass is 9.98. The molecule has 2 aromatic carbocycles. The highest BCUT2D eigenvalue weighted by Crippen LogP contribution is 2.25. The van der Waals surface area contributed by atoms with Gasteiger partial charge in [0.2, 0.25) is 0 Å². The molecule has 5 heteroatoms. The first kappa shape index (κ1) is 14.5. The van der Waals surface area contributed by atoms with E-state index in [0.717, 1.165) is 12.1 Å². The molecule has 0 aromatic heterocycles. The third-order valence-corrected chi connectivity index (χ3v) is 2.93. The highest BCUT2D eigenvalue weighted by atomic mass is 19.2. The van der Waals surface area contributed by atoms with E-state index < -0.39 is 29.3 Å². The standard InChI is InChI=1S/C15H13F4N/c1-2-20-15(9-4-3-5-11(16)6-9)10-7-12(17)14(19)13(18)8-10/h3-8,15,20H,2H2,1H3. The average molecular weight is 283 g/mol. The van der Waals surface area contributed by atoms with Gasteiger partial charge in [-0.2, -0.15) is 0 Å². The summed E-state index contributed by atoms with van der Waals surface area (Å²) in [7, 11) is 0. The van der Waals surface area contributed by atoms with Crippen LogP contribution in [0.4, 0.5) is 17.6 Å². The molecule has 20 heavy (non-hydrogen) atoms. The lowest BCUT2D eigenvalue weighted by Crippen LogP contribution is -2.22. The highest BCUT2D eigenvalue weighted by Gasteiger charge is 2.18. The topological polar surface area (TPSA) is 12.0 Å². The van der Waals surface area contributed by atoms with Crippen LogP contribution in [-0.2, 0) is 0 Å². The van der Waals surface area contributed by atoms with E-state index in [4.69, 9.17) is 0 Å². The highest BCUT2D eigenvalue weighted by molar-refractivity contribution is 5.33. The van der Waals surface area contributed by atoms with E-state index in [1.807, 2.05) is 6.92 Å². The molecule has 1 nitrogen and oxygen atoms in total. The molecule has 0 aliphatic heterocycles. The summed E-state index contributed by atoms with van der Waals surface area (Å²) in [5.74, 6) is -4.49. The van der Waals surface area contributed by atoms with Gasteiger partial charge in [0.05, 0.1) is 6.04 Å². The Morgan fingerprint density at radius 2 is 1.60 bits per heavy atom. The molecule has 0 saturated carbocycles. The summed E-state index contributed by atoms with van der Waals surface area (Å²) in [5.41, 5.74) is 0.714. The van der Waals surface area contributed by atoms with Gasteiger partial charge < -0.3 is 5.32 Å². The second kappa shape index (κ2) is 6.05. The summed E-state index contributed by atoms with van der Waals surface area (Å²) in [6.45, 7) is 2.31. The molecule has 1 atom stereocenters. The van der Waals surface area contributed by atoms with Crippen molar-refractivity contribution in [1.29, 1.82) is 0 Å². The van der Waals surface area contributed by atoms with Crippen LogP contribution >= 0.6 is 0 Å². The van der Waals surface area contributed by atoms with Gasteiger partial charge >= 0.3 is 0 Å². The van der Waals surface area contributed by atoms with Crippen LogP contribution in [0.3, 0.4) is 0 Å². The lowest BCUT2D eigenvalue weighted by Gasteiger charge is -2.19. The predicted molar refractivity (Wildman–Crippen MR) is 68.2 cm³/mol. The molecule has 2 aromatic rings. The molecule has 1 unspecified atom stereocenters. The first-order valence-corrected chi connectivity index (χ1v) is 6.16. The SMILES string of the molecule is CCNC(c1cccc(F)c1)c1cc(F)c(F)c(F)c1. The minimum Gasteiger partial charge on any atom is -0.307 e. The van der Waals surface area contributed by atoms with E-state index in [-0.39, 0.29) is 5.56 Å². The first-order chi connectivity index (χ1) is 9.52. The van der Waals surface area contributed by atoms with Crippen molar-refractivity contribution in [2.75, 3.05) is 6.54 Å². The summed E-state index contributed by atoms with van der Waals surface area (Å²) in [5, 5.41) is 2.99. The molecule has 0 radical (unpaired) electrons. The zero-order valence-corrected chi connectivity index (χ0v) is 10.8. The summed E-state index contributed by atoms with van der Waals surface area (Å²) in [4.78, 5) is 0. The maximum Gasteiger partial charge on any atom is 0.194 e. The number of hydrogen-bond donors (Lipinski definition) is 1. The van der Waals surface area contributed by atoms with Crippen molar-refractivity contribution < 1.29 is 17.6 Å². The Kier molecular flexibility index (Phi) is 4.39. The van der Waals surface area contributed by atoms with E-state index in [1.54, 1.807) is 6.07 Å². The van der Waals surface area contributed by atoms with Crippen molar-refractivity contribution in [2.24, 2.45) is 0 Å². The Labute approximate surface area is 114 Å². The molecule has 106 valence electrons. The monoisotopic (exact) mass is 283 g/mol. The van der Waals surface area contributed by atoms with Gasteiger partial charge in [-0.25, -0.2) is 17.6 Å². The normalized spacial score (nSPS) is 12.4. The van der Waals surface area contributed by atoms with Crippen molar-refractivity contribution in [3.8, 4) is 0 Å². The third kappa shape index (κ3) is 2.99. The minimum absolute atomic E-state index is 0.203. The van der Waals surface area contributed by atoms with Gasteiger partial charge in [-0.05, 0) is 41.9 Å². The average Bonchev–Trinajstić information content (AvgIpc) is 2.41. The van der Waals surface area contributed by atoms with Crippen LogP contribution in [-0.4, -0.2) is 6.54 Å².